The molecular formula is C24H21N3O3. The Morgan fingerprint density at radius 1 is 1.23 bits per heavy atom. The maximum Gasteiger partial charge on any atom is 0.247 e. The molecule has 1 amide bonds. The minimum Gasteiger partial charge on any atom is -0.497 e. The lowest BCUT2D eigenvalue weighted by molar-refractivity contribution is -0.128. The summed E-state index contributed by atoms with van der Waals surface area (Å²) in [5.41, 5.74) is 3.58. The number of carbonyl (C=O) groups is 1. The van der Waals surface area contributed by atoms with E-state index in [0.717, 1.165) is 40.1 Å². The van der Waals surface area contributed by atoms with Gasteiger partial charge in [-0.15, -0.1) is 0 Å². The minimum atomic E-state index is -0.366. The van der Waals surface area contributed by atoms with Gasteiger partial charge in [-0.05, 0) is 35.9 Å². The first-order valence-corrected chi connectivity index (χ1v) is 9.86. The highest BCUT2D eigenvalue weighted by atomic mass is 16.5. The third-order valence-electron chi connectivity index (χ3n) is 5.43. The topological polar surface area (TPSA) is 71.4 Å². The number of nitrogens with zero attached hydrogens (tertiary/aromatic N) is 2. The molecule has 6 heteroatoms. The quantitative estimate of drug-likeness (QED) is 0.518. The largest absolute Gasteiger partial charge is 0.497 e. The van der Waals surface area contributed by atoms with Crippen LogP contribution in [0.5, 0.6) is 5.75 Å². The van der Waals surface area contributed by atoms with Crippen LogP contribution < -0.4 is 4.74 Å². The molecule has 3 heterocycles. The van der Waals surface area contributed by atoms with E-state index in [4.69, 9.17) is 9.15 Å². The van der Waals surface area contributed by atoms with Crippen LogP contribution in [0.4, 0.5) is 0 Å². The van der Waals surface area contributed by atoms with Crippen molar-refractivity contribution in [3.8, 4) is 5.75 Å². The van der Waals surface area contributed by atoms with Crippen molar-refractivity contribution >= 4 is 23.0 Å². The third-order valence-corrected chi connectivity index (χ3v) is 5.43. The number of nitrogens with one attached hydrogen (secondary N) is 1. The van der Waals surface area contributed by atoms with Gasteiger partial charge in [0, 0.05) is 30.1 Å². The van der Waals surface area contributed by atoms with Crippen molar-refractivity contribution in [2.75, 3.05) is 13.7 Å². The van der Waals surface area contributed by atoms with Crippen molar-refractivity contribution in [1.82, 2.24) is 14.9 Å². The van der Waals surface area contributed by atoms with Crippen molar-refractivity contribution in [2.24, 2.45) is 0 Å². The number of methoxy groups -OCH3 is 1. The molecule has 1 atom stereocenters. The van der Waals surface area contributed by atoms with Gasteiger partial charge in [0.05, 0.1) is 19.1 Å². The van der Waals surface area contributed by atoms with Gasteiger partial charge in [0.2, 0.25) is 5.91 Å². The average Bonchev–Trinajstić information content (AvgIpc) is 3.43. The first-order valence-electron chi connectivity index (χ1n) is 9.86. The van der Waals surface area contributed by atoms with Gasteiger partial charge < -0.3 is 19.0 Å². The van der Waals surface area contributed by atoms with E-state index in [1.165, 1.54) is 0 Å². The summed E-state index contributed by atoms with van der Waals surface area (Å²) < 4.78 is 11.4. The molecule has 1 N–H and O–H groups in total. The highest BCUT2D eigenvalue weighted by Gasteiger charge is 2.35. The summed E-state index contributed by atoms with van der Waals surface area (Å²) in [5.74, 6) is 1.38. The van der Waals surface area contributed by atoms with E-state index in [-0.39, 0.29) is 11.9 Å². The normalized spacial score (nSPS) is 16.2. The summed E-state index contributed by atoms with van der Waals surface area (Å²) in [6, 6.07) is 17.1. The number of hydrogen-bond acceptors (Lipinski definition) is 4. The number of furan rings is 1. The van der Waals surface area contributed by atoms with E-state index < -0.39 is 0 Å². The second-order valence-electron chi connectivity index (χ2n) is 7.25. The standard InChI is InChI=1S/C24H21N3O3/c1-29-18-7-4-5-16(13-18)9-10-22(28)27-12-11-19-23(26-15-25-19)24(27)21-14-17-6-2-3-8-20(17)30-21/h2-10,13-15,24H,11-12H2,1H3,(H,25,26)/b10-9+/t24-/m0/s1. The number of ether oxygens (including phenoxy) is 1. The van der Waals surface area contributed by atoms with Gasteiger partial charge in [-0.1, -0.05) is 30.3 Å². The number of imidazole rings is 1. The predicted octanol–water partition coefficient (Wildman–Crippen LogP) is 4.35. The maximum absolute atomic E-state index is 13.2. The fraction of sp³-hybridized carbons (Fsp3) is 0.167. The van der Waals surface area contributed by atoms with Crippen molar-refractivity contribution in [2.45, 2.75) is 12.5 Å². The van der Waals surface area contributed by atoms with Crippen LogP contribution in [0.1, 0.15) is 28.8 Å². The molecule has 0 fully saturated rings. The number of carbonyl (C=O) groups excluding carboxylic acids is 1. The van der Waals surface area contributed by atoms with E-state index >= 15 is 0 Å². The summed E-state index contributed by atoms with van der Waals surface area (Å²) in [7, 11) is 1.63. The molecule has 1 aliphatic rings. The highest BCUT2D eigenvalue weighted by Crippen LogP contribution is 2.36. The zero-order valence-corrected chi connectivity index (χ0v) is 16.5. The van der Waals surface area contributed by atoms with E-state index in [1.54, 1.807) is 25.6 Å². The summed E-state index contributed by atoms with van der Waals surface area (Å²) in [6.07, 6.45) is 5.81. The highest BCUT2D eigenvalue weighted by molar-refractivity contribution is 5.92. The lowest BCUT2D eigenvalue weighted by Gasteiger charge is -2.33. The molecule has 1 aliphatic heterocycles. The summed E-state index contributed by atoms with van der Waals surface area (Å²) in [4.78, 5) is 22.7. The Labute approximate surface area is 173 Å². The van der Waals surface area contributed by atoms with Gasteiger partial charge in [-0.2, -0.15) is 0 Å². The zero-order valence-electron chi connectivity index (χ0n) is 16.5. The van der Waals surface area contributed by atoms with Gasteiger partial charge >= 0.3 is 0 Å². The molecule has 30 heavy (non-hydrogen) atoms. The molecule has 0 saturated carbocycles. The number of fused-ring (bicyclic) bond motifs is 2. The van der Waals surface area contributed by atoms with Gasteiger partial charge in [-0.25, -0.2) is 4.98 Å². The zero-order chi connectivity index (χ0) is 20.5. The molecule has 2 aromatic heterocycles. The van der Waals surface area contributed by atoms with Gasteiger partial charge in [0.15, 0.2) is 0 Å². The Bertz CT molecular complexity index is 1200. The second-order valence-corrected chi connectivity index (χ2v) is 7.25. The van der Waals surface area contributed by atoms with Crippen LogP contribution in [0.3, 0.4) is 0 Å². The molecule has 0 aliphatic carbocycles. The van der Waals surface area contributed by atoms with E-state index in [2.05, 4.69) is 9.97 Å². The van der Waals surface area contributed by atoms with Crippen molar-refractivity contribution < 1.29 is 13.9 Å². The fourth-order valence-corrected chi connectivity index (χ4v) is 3.95. The lowest BCUT2D eigenvalue weighted by atomic mass is 10.00. The van der Waals surface area contributed by atoms with Crippen LogP contribution >= 0.6 is 0 Å². The Balaban J connectivity index is 1.49. The van der Waals surface area contributed by atoms with E-state index in [9.17, 15) is 4.79 Å². The number of para-hydroxylation sites is 1. The van der Waals surface area contributed by atoms with Crippen LogP contribution in [-0.2, 0) is 11.2 Å². The summed E-state index contributed by atoms with van der Waals surface area (Å²) >= 11 is 0. The molecule has 0 bridgehead atoms. The number of rotatable bonds is 4. The number of aromatic amines is 1. The number of aromatic nitrogens is 2. The Hall–Kier alpha value is -3.80. The Morgan fingerprint density at radius 3 is 3.00 bits per heavy atom. The second kappa shape index (κ2) is 7.55. The molecule has 6 nitrogen and oxygen atoms in total. The molecule has 0 spiro atoms. The smallest absolute Gasteiger partial charge is 0.247 e. The van der Waals surface area contributed by atoms with Crippen LogP contribution in [0.25, 0.3) is 17.0 Å². The van der Waals surface area contributed by atoms with E-state index in [1.807, 2.05) is 59.5 Å². The SMILES string of the molecule is COc1cccc(/C=C/C(=O)N2CCc3[nH]cnc3[C@@H]2c2cc3ccccc3o2)c1. The van der Waals surface area contributed by atoms with Crippen molar-refractivity contribution in [3.63, 3.8) is 0 Å². The molecular weight excluding hydrogens is 378 g/mol. The molecule has 0 saturated heterocycles. The average molecular weight is 399 g/mol. The first kappa shape index (κ1) is 18.2. The lowest BCUT2D eigenvalue weighted by Crippen LogP contribution is -2.39. The number of H-pyrrole nitrogens is 1. The number of benzene rings is 2. The number of amides is 1. The Kier molecular flexibility index (Phi) is 4.59. The van der Waals surface area contributed by atoms with Gasteiger partial charge in [-0.3, -0.25) is 4.79 Å². The van der Waals surface area contributed by atoms with E-state index in [0.29, 0.717) is 12.3 Å². The molecule has 150 valence electrons. The van der Waals surface area contributed by atoms with Crippen LogP contribution in [0.2, 0.25) is 0 Å². The number of hydrogen-bond donors (Lipinski definition) is 1. The fourth-order valence-electron chi connectivity index (χ4n) is 3.95. The third kappa shape index (κ3) is 3.26. The predicted molar refractivity (Wildman–Crippen MR) is 114 cm³/mol. The van der Waals surface area contributed by atoms with Crippen LogP contribution in [-0.4, -0.2) is 34.4 Å². The molecule has 5 rings (SSSR count). The maximum atomic E-state index is 13.2. The summed E-state index contributed by atoms with van der Waals surface area (Å²) in [5, 5.41) is 1.01. The van der Waals surface area contributed by atoms with Crippen LogP contribution in [0.15, 0.2) is 71.4 Å². The van der Waals surface area contributed by atoms with Crippen molar-refractivity contribution in [3.05, 3.63) is 89.7 Å². The van der Waals surface area contributed by atoms with Gasteiger partial charge in [0.1, 0.15) is 23.1 Å². The first-order chi connectivity index (χ1) is 14.7. The monoisotopic (exact) mass is 399 g/mol. The molecule has 0 radical (unpaired) electrons. The summed E-state index contributed by atoms with van der Waals surface area (Å²) in [6.45, 7) is 0.582. The Morgan fingerprint density at radius 2 is 2.13 bits per heavy atom. The van der Waals surface area contributed by atoms with Crippen LogP contribution in [0, 0.1) is 0 Å². The molecule has 2 aromatic carbocycles. The molecule has 0 unspecified atom stereocenters. The molecule has 4 aromatic rings. The minimum absolute atomic E-state index is 0.0862. The van der Waals surface area contributed by atoms with Gasteiger partial charge in [0.25, 0.3) is 0 Å². The van der Waals surface area contributed by atoms with Crippen molar-refractivity contribution in [1.29, 1.82) is 0 Å².